The molecule has 3 fully saturated rings. The molecule has 0 aromatic carbocycles. The molecule has 2 aliphatic heterocycles. The van der Waals surface area contributed by atoms with Gasteiger partial charge in [-0.15, -0.1) is 0 Å². The van der Waals surface area contributed by atoms with Gasteiger partial charge >= 0.3 is 6.03 Å². The lowest BCUT2D eigenvalue weighted by Crippen LogP contribution is -2.55. The molecule has 1 N–H and O–H groups in total. The van der Waals surface area contributed by atoms with Gasteiger partial charge in [0.15, 0.2) is 0 Å². The minimum absolute atomic E-state index is 0.126. The fourth-order valence-corrected chi connectivity index (χ4v) is 3.97. The Morgan fingerprint density at radius 3 is 2.35 bits per heavy atom. The quantitative estimate of drug-likeness (QED) is 0.764. The van der Waals surface area contributed by atoms with Crippen molar-refractivity contribution in [3.8, 4) is 0 Å². The SMILES string of the molecule is CCN1CCN(C(=O)C(C)N2C(=O)NC3(CCCC3)C2=O)CC1. The number of carbonyl (C=O) groups is 3. The summed E-state index contributed by atoms with van der Waals surface area (Å²) in [6.45, 7) is 7.76. The van der Waals surface area contributed by atoms with E-state index in [1.807, 2.05) is 0 Å². The van der Waals surface area contributed by atoms with E-state index >= 15 is 0 Å². The predicted octanol–water partition coefficient (Wildman–Crippen LogP) is 0.404. The van der Waals surface area contributed by atoms with Crippen LogP contribution in [0.25, 0.3) is 0 Å². The molecule has 3 rings (SSSR count). The highest BCUT2D eigenvalue weighted by molar-refractivity contribution is 6.09. The van der Waals surface area contributed by atoms with E-state index in [4.69, 9.17) is 0 Å². The van der Waals surface area contributed by atoms with Crippen LogP contribution in [0.1, 0.15) is 39.5 Å². The van der Waals surface area contributed by atoms with Gasteiger partial charge in [-0.05, 0) is 26.3 Å². The number of likely N-dealkylation sites (N-methyl/N-ethyl adjacent to an activating group) is 1. The zero-order valence-electron chi connectivity index (χ0n) is 14.0. The Kier molecular flexibility index (Phi) is 4.31. The molecule has 0 radical (unpaired) electrons. The Balaban J connectivity index is 1.68. The van der Waals surface area contributed by atoms with E-state index in [1.165, 1.54) is 0 Å². The van der Waals surface area contributed by atoms with Crippen LogP contribution < -0.4 is 5.32 Å². The van der Waals surface area contributed by atoms with Gasteiger partial charge in [-0.1, -0.05) is 19.8 Å². The van der Waals surface area contributed by atoms with Crippen molar-refractivity contribution in [3.05, 3.63) is 0 Å². The summed E-state index contributed by atoms with van der Waals surface area (Å²) >= 11 is 0. The summed E-state index contributed by atoms with van der Waals surface area (Å²) in [4.78, 5) is 42.9. The molecule has 4 amide bonds. The number of imide groups is 1. The number of hydrogen-bond acceptors (Lipinski definition) is 4. The molecule has 2 saturated heterocycles. The average Bonchev–Trinajstić information content (AvgIpc) is 3.12. The Hall–Kier alpha value is -1.63. The Labute approximate surface area is 137 Å². The first-order valence-electron chi connectivity index (χ1n) is 8.65. The fourth-order valence-electron chi connectivity index (χ4n) is 3.97. The average molecular weight is 322 g/mol. The zero-order valence-corrected chi connectivity index (χ0v) is 14.0. The maximum Gasteiger partial charge on any atom is 0.325 e. The van der Waals surface area contributed by atoms with Crippen molar-refractivity contribution < 1.29 is 14.4 Å². The lowest BCUT2D eigenvalue weighted by Gasteiger charge is -2.36. The van der Waals surface area contributed by atoms with E-state index in [-0.39, 0.29) is 11.8 Å². The number of urea groups is 1. The standard InChI is InChI=1S/C16H26N4O3/c1-3-18-8-10-19(11-9-18)13(21)12(2)20-14(22)16(17-15(20)23)6-4-5-7-16/h12H,3-11H2,1-2H3,(H,17,23). The Bertz CT molecular complexity index is 507. The van der Waals surface area contributed by atoms with Crippen LogP contribution in [0, 0.1) is 0 Å². The highest BCUT2D eigenvalue weighted by atomic mass is 16.2. The second-order valence-electron chi connectivity index (χ2n) is 6.83. The molecule has 128 valence electrons. The normalized spacial score (nSPS) is 26.0. The Morgan fingerprint density at radius 2 is 1.78 bits per heavy atom. The first kappa shape index (κ1) is 16.2. The van der Waals surface area contributed by atoms with E-state index in [2.05, 4.69) is 17.1 Å². The molecule has 1 spiro atoms. The molecule has 7 heteroatoms. The number of hydrogen-bond donors (Lipinski definition) is 1. The second-order valence-corrected chi connectivity index (χ2v) is 6.83. The van der Waals surface area contributed by atoms with Crippen molar-refractivity contribution in [1.29, 1.82) is 0 Å². The summed E-state index contributed by atoms with van der Waals surface area (Å²) in [6, 6.07) is -1.14. The maximum absolute atomic E-state index is 12.7. The number of piperazine rings is 1. The number of nitrogens with zero attached hydrogens (tertiary/aromatic N) is 3. The van der Waals surface area contributed by atoms with Gasteiger partial charge in [0, 0.05) is 26.2 Å². The van der Waals surface area contributed by atoms with E-state index < -0.39 is 17.6 Å². The summed E-state index contributed by atoms with van der Waals surface area (Å²) in [6.07, 6.45) is 3.26. The summed E-state index contributed by atoms with van der Waals surface area (Å²) < 4.78 is 0. The van der Waals surface area contributed by atoms with Gasteiger partial charge in [-0.25, -0.2) is 9.69 Å². The van der Waals surface area contributed by atoms with Gasteiger partial charge in [-0.3, -0.25) is 9.59 Å². The molecule has 0 aromatic rings. The molecule has 7 nitrogen and oxygen atoms in total. The van der Waals surface area contributed by atoms with E-state index in [0.29, 0.717) is 25.9 Å². The molecule has 0 bridgehead atoms. The minimum atomic E-state index is -0.744. The highest BCUT2D eigenvalue weighted by Crippen LogP contribution is 2.35. The van der Waals surface area contributed by atoms with Crippen LogP contribution >= 0.6 is 0 Å². The molecule has 1 aliphatic carbocycles. The van der Waals surface area contributed by atoms with Gasteiger partial charge < -0.3 is 15.1 Å². The van der Waals surface area contributed by atoms with Crippen LogP contribution in [0.15, 0.2) is 0 Å². The van der Waals surface area contributed by atoms with Crippen LogP contribution in [0.4, 0.5) is 4.79 Å². The van der Waals surface area contributed by atoms with E-state index in [9.17, 15) is 14.4 Å². The highest BCUT2D eigenvalue weighted by Gasteiger charge is 2.54. The molecule has 1 atom stereocenters. The first-order chi connectivity index (χ1) is 11.0. The molecule has 2 heterocycles. The molecular weight excluding hydrogens is 296 g/mol. The molecule has 1 unspecified atom stereocenters. The molecular formula is C16H26N4O3. The Morgan fingerprint density at radius 1 is 1.17 bits per heavy atom. The number of amides is 4. The smallest absolute Gasteiger partial charge is 0.325 e. The topological polar surface area (TPSA) is 73.0 Å². The number of nitrogens with one attached hydrogen (secondary N) is 1. The zero-order chi connectivity index (χ0) is 16.6. The van der Waals surface area contributed by atoms with Crippen molar-refractivity contribution in [2.45, 2.75) is 51.1 Å². The van der Waals surface area contributed by atoms with Crippen LogP contribution in [0.5, 0.6) is 0 Å². The molecule has 1 saturated carbocycles. The van der Waals surface area contributed by atoms with Crippen molar-refractivity contribution >= 4 is 17.8 Å². The van der Waals surface area contributed by atoms with Gasteiger partial charge in [0.25, 0.3) is 5.91 Å². The fraction of sp³-hybridized carbons (Fsp3) is 0.812. The summed E-state index contributed by atoms with van der Waals surface area (Å²) in [7, 11) is 0. The number of carbonyl (C=O) groups excluding carboxylic acids is 3. The third-order valence-electron chi connectivity index (χ3n) is 5.53. The first-order valence-corrected chi connectivity index (χ1v) is 8.65. The van der Waals surface area contributed by atoms with Crippen LogP contribution in [0.2, 0.25) is 0 Å². The van der Waals surface area contributed by atoms with Crippen molar-refractivity contribution in [1.82, 2.24) is 20.0 Å². The lowest BCUT2D eigenvalue weighted by molar-refractivity contribution is -0.143. The van der Waals surface area contributed by atoms with Crippen LogP contribution in [0.3, 0.4) is 0 Å². The lowest BCUT2D eigenvalue weighted by atomic mass is 9.97. The maximum atomic E-state index is 12.7. The monoisotopic (exact) mass is 322 g/mol. The number of rotatable bonds is 3. The van der Waals surface area contributed by atoms with Gasteiger partial charge in [-0.2, -0.15) is 0 Å². The van der Waals surface area contributed by atoms with Gasteiger partial charge in [0.2, 0.25) is 5.91 Å². The third kappa shape index (κ3) is 2.71. The van der Waals surface area contributed by atoms with E-state index in [1.54, 1.807) is 11.8 Å². The largest absolute Gasteiger partial charge is 0.338 e. The van der Waals surface area contributed by atoms with Crippen molar-refractivity contribution in [3.63, 3.8) is 0 Å². The van der Waals surface area contributed by atoms with Crippen LogP contribution in [-0.2, 0) is 9.59 Å². The molecule has 0 aromatic heterocycles. The van der Waals surface area contributed by atoms with Gasteiger partial charge in [0.05, 0.1) is 0 Å². The van der Waals surface area contributed by atoms with Crippen molar-refractivity contribution in [2.24, 2.45) is 0 Å². The summed E-state index contributed by atoms with van der Waals surface area (Å²) in [5, 5.41) is 2.84. The summed E-state index contributed by atoms with van der Waals surface area (Å²) in [5.74, 6) is -0.340. The van der Waals surface area contributed by atoms with Crippen molar-refractivity contribution in [2.75, 3.05) is 32.7 Å². The third-order valence-corrected chi connectivity index (χ3v) is 5.53. The minimum Gasteiger partial charge on any atom is -0.338 e. The molecule has 3 aliphatic rings. The second kappa shape index (κ2) is 6.11. The van der Waals surface area contributed by atoms with Crippen LogP contribution in [-0.4, -0.2) is 76.8 Å². The van der Waals surface area contributed by atoms with Gasteiger partial charge in [0.1, 0.15) is 11.6 Å². The van der Waals surface area contributed by atoms with E-state index in [0.717, 1.165) is 37.4 Å². The molecule has 23 heavy (non-hydrogen) atoms. The predicted molar refractivity (Wildman–Crippen MR) is 84.7 cm³/mol. The summed E-state index contributed by atoms with van der Waals surface area (Å²) in [5.41, 5.74) is -0.744.